The van der Waals surface area contributed by atoms with Crippen LogP contribution in [0.1, 0.15) is 25.0 Å². The molecule has 11 rings (SSSR count). The third-order valence-corrected chi connectivity index (χ3v) is 11.3. The summed E-state index contributed by atoms with van der Waals surface area (Å²) in [5.41, 5.74) is 13.1. The Bertz CT molecular complexity index is 3080. The van der Waals surface area contributed by atoms with Gasteiger partial charge < -0.3 is 4.57 Å². The molecule has 0 N–H and O–H groups in total. The van der Waals surface area contributed by atoms with Crippen LogP contribution in [0.4, 0.5) is 0 Å². The fourth-order valence-electron chi connectivity index (χ4n) is 8.94. The summed E-state index contributed by atoms with van der Waals surface area (Å²) in [6.45, 7) is 4.69. The first-order chi connectivity index (χ1) is 24.0. The van der Waals surface area contributed by atoms with Gasteiger partial charge in [-0.3, -0.25) is 9.20 Å². The number of aromatic nitrogens is 2. The molecule has 0 fully saturated rings. The molecule has 0 atom stereocenters. The predicted octanol–water partition coefficient (Wildman–Crippen LogP) is 11.3. The molecule has 0 spiro atoms. The molecule has 0 amide bonds. The first-order valence-electron chi connectivity index (χ1n) is 17.0. The van der Waals surface area contributed by atoms with Crippen molar-refractivity contribution in [3.8, 4) is 27.9 Å². The molecule has 0 saturated carbocycles. The van der Waals surface area contributed by atoms with Crippen molar-refractivity contribution in [3.63, 3.8) is 0 Å². The molecule has 1 aliphatic rings. The molecule has 0 bridgehead atoms. The van der Waals surface area contributed by atoms with E-state index in [1.165, 1.54) is 44.1 Å². The van der Waals surface area contributed by atoms with E-state index in [9.17, 15) is 4.79 Å². The van der Waals surface area contributed by atoms with Gasteiger partial charge in [0.1, 0.15) is 0 Å². The average Bonchev–Trinajstić information content (AvgIpc) is 3.74. The van der Waals surface area contributed by atoms with Crippen LogP contribution < -0.4 is 5.56 Å². The molecule has 7 aromatic carbocycles. The lowest BCUT2D eigenvalue weighted by Crippen LogP contribution is -2.14. The minimum atomic E-state index is -0.0491. The number of hydrogen-bond acceptors (Lipinski definition) is 1. The lowest BCUT2D eigenvalue weighted by molar-refractivity contribution is 0.661. The Morgan fingerprint density at radius 2 is 1.10 bits per heavy atom. The van der Waals surface area contributed by atoms with Gasteiger partial charge in [0.25, 0.3) is 5.56 Å². The summed E-state index contributed by atoms with van der Waals surface area (Å²) < 4.78 is 4.31. The van der Waals surface area contributed by atoms with Gasteiger partial charge in [-0.05, 0) is 87.3 Å². The zero-order valence-electron chi connectivity index (χ0n) is 27.2. The SMILES string of the molecule is CC1(C)c2ccccc2-c2cc3c(cc21)c1ccccc1n3-c1ccc(-c2ccc3c(=O)n4c5ccccc5c5cccc(c3c2)c54)cc1. The lowest BCUT2D eigenvalue weighted by atomic mass is 9.82. The van der Waals surface area contributed by atoms with E-state index in [0.29, 0.717) is 0 Å². The molecular weight excluding hydrogens is 597 g/mol. The molecule has 3 heterocycles. The molecule has 1 aliphatic carbocycles. The second-order valence-corrected chi connectivity index (χ2v) is 14.1. The third kappa shape index (κ3) is 3.39. The molecule has 3 nitrogen and oxygen atoms in total. The first kappa shape index (κ1) is 26.8. The molecule has 49 heavy (non-hydrogen) atoms. The van der Waals surface area contributed by atoms with Crippen LogP contribution in [0.2, 0.25) is 0 Å². The van der Waals surface area contributed by atoms with E-state index in [-0.39, 0.29) is 11.0 Å². The fourth-order valence-corrected chi connectivity index (χ4v) is 8.94. The lowest BCUT2D eigenvalue weighted by Gasteiger charge is -2.21. The highest BCUT2D eigenvalue weighted by Crippen LogP contribution is 2.51. The summed E-state index contributed by atoms with van der Waals surface area (Å²) in [6, 6.07) is 52.2. The maximum absolute atomic E-state index is 13.9. The maximum Gasteiger partial charge on any atom is 0.263 e. The highest BCUT2D eigenvalue weighted by atomic mass is 16.1. The summed E-state index contributed by atoms with van der Waals surface area (Å²) in [6.07, 6.45) is 0. The van der Waals surface area contributed by atoms with Gasteiger partial charge in [0.05, 0.1) is 22.1 Å². The van der Waals surface area contributed by atoms with Gasteiger partial charge in [-0.2, -0.15) is 0 Å². The van der Waals surface area contributed by atoms with Gasteiger partial charge in [-0.15, -0.1) is 0 Å². The Balaban J connectivity index is 1.09. The van der Waals surface area contributed by atoms with E-state index in [1.807, 2.05) is 28.7 Å². The van der Waals surface area contributed by atoms with Crippen molar-refractivity contribution in [2.75, 3.05) is 0 Å². The van der Waals surface area contributed by atoms with E-state index < -0.39 is 0 Å². The smallest absolute Gasteiger partial charge is 0.263 e. The largest absolute Gasteiger partial charge is 0.309 e. The number of hydrogen-bond donors (Lipinski definition) is 0. The second kappa shape index (κ2) is 9.24. The van der Waals surface area contributed by atoms with Gasteiger partial charge in [0.2, 0.25) is 0 Å². The number of para-hydroxylation sites is 3. The van der Waals surface area contributed by atoms with Crippen LogP contribution in [0.15, 0.2) is 150 Å². The highest BCUT2D eigenvalue weighted by molar-refractivity contribution is 6.20. The topological polar surface area (TPSA) is 26.4 Å². The summed E-state index contributed by atoms with van der Waals surface area (Å²) >= 11 is 0. The van der Waals surface area contributed by atoms with Crippen molar-refractivity contribution in [2.45, 2.75) is 19.3 Å². The van der Waals surface area contributed by atoms with Gasteiger partial charge in [0, 0.05) is 43.4 Å². The number of fused-ring (bicyclic) bond motifs is 11. The first-order valence-corrected chi connectivity index (χ1v) is 17.0. The van der Waals surface area contributed by atoms with E-state index >= 15 is 0 Å². The summed E-state index contributed by atoms with van der Waals surface area (Å²) in [5, 5.41) is 7.61. The van der Waals surface area contributed by atoms with Crippen LogP contribution in [0.25, 0.3) is 87.7 Å². The van der Waals surface area contributed by atoms with E-state index in [0.717, 1.165) is 54.8 Å². The molecule has 0 unspecified atom stereocenters. The summed E-state index contributed by atoms with van der Waals surface area (Å²) in [7, 11) is 0. The normalized spacial score (nSPS) is 13.8. The minimum Gasteiger partial charge on any atom is -0.309 e. The van der Waals surface area contributed by atoms with Crippen LogP contribution in [0, 0.1) is 0 Å². The molecule has 0 saturated heterocycles. The average molecular weight is 627 g/mol. The van der Waals surface area contributed by atoms with E-state index in [2.05, 4.69) is 140 Å². The molecule has 230 valence electrons. The van der Waals surface area contributed by atoms with Crippen LogP contribution in [0.5, 0.6) is 0 Å². The fraction of sp³-hybridized carbons (Fsp3) is 0.0652. The predicted molar refractivity (Wildman–Crippen MR) is 205 cm³/mol. The van der Waals surface area contributed by atoms with Crippen LogP contribution in [-0.4, -0.2) is 8.97 Å². The Labute approximate surface area is 282 Å². The van der Waals surface area contributed by atoms with Gasteiger partial charge in [-0.1, -0.05) is 111 Å². The summed E-state index contributed by atoms with van der Waals surface area (Å²) in [5.74, 6) is 0. The van der Waals surface area contributed by atoms with Crippen LogP contribution in [0.3, 0.4) is 0 Å². The number of pyridine rings is 1. The van der Waals surface area contributed by atoms with Crippen molar-refractivity contribution < 1.29 is 0 Å². The molecule has 0 radical (unpaired) electrons. The summed E-state index contributed by atoms with van der Waals surface area (Å²) in [4.78, 5) is 13.9. The Morgan fingerprint density at radius 1 is 0.449 bits per heavy atom. The van der Waals surface area contributed by atoms with Gasteiger partial charge in [0.15, 0.2) is 0 Å². The monoisotopic (exact) mass is 626 g/mol. The van der Waals surface area contributed by atoms with Gasteiger partial charge >= 0.3 is 0 Å². The maximum atomic E-state index is 13.9. The minimum absolute atomic E-state index is 0.0330. The number of nitrogens with zero attached hydrogens (tertiary/aromatic N) is 2. The number of benzene rings is 7. The zero-order valence-corrected chi connectivity index (χ0v) is 27.2. The second-order valence-electron chi connectivity index (χ2n) is 14.1. The highest BCUT2D eigenvalue weighted by Gasteiger charge is 2.36. The third-order valence-electron chi connectivity index (χ3n) is 11.3. The van der Waals surface area contributed by atoms with Crippen LogP contribution >= 0.6 is 0 Å². The van der Waals surface area contributed by atoms with E-state index in [4.69, 9.17) is 0 Å². The zero-order chi connectivity index (χ0) is 32.6. The van der Waals surface area contributed by atoms with E-state index in [1.54, 1.807) is 0 Å². The molecular formula is C46H30N2O. The van der Waals surface area contributed by atoms with Crippen molar-refractivity contribution in [3.05, 3.63) is 167 Å². The molecule has 3 aromatic heterocycles. The Kier molecular flexibility index (Phi) is 5.06. The molecule has 3 heteroatoms. The Hall–Kier alpha value is -6.19. The van der Waals surface area contributed by atoms with Crippen molar-refractivity contribution in [1.82, 2.24) is 8.97 Å². The quantitative estimate of drug-likeness (QED) is 0.175. The van der Waals surface area contributed by atoms with Crippen LogP contribution in [-0.2, 0) is 5.41 Å². The standard InChI is InChI=1S/C46H30N2O/c1-46(2)39-15-6-3-10-30(39)37-26-43-38(25-40(37)46)32-12-5-7-16-41(32)47(43)29-21-18-27(19-22-29)28-20-23-35-36(24-28)34-14-9-13-33-31-11-4-8-17-42(31)48(44(33)34)45(35)49/h3-26H,1-2H3. The molecule has 10 aromatic rings. The van der Waals surface area contributed by atoms with Crippen molar-refractivity contribution in [1.29, 1.82) is 0 Å². The van der Waals surface area contributed by atoms with Crippen molar-refractivity contribution >= 4 is 59.8 Å². The van der Waals surface area contributed by atoms with Crippen molar-refractivity contribution in [2.24, 2.45) is 0 Å². The Morgan fingerprint density at radius 3 is 1.92 bits per heavy atom. The molecule has 0 aliphatic heterocycles. The van der Waals surface area contributed by atoms with Gasteiger partial charge in [-0.25, -0.2) is 0 Å². The number of rotatable bonds is 2.